The normalized spacial score (nSPS) is 17.4. The van der Waals surface area contributed by atoms with Crippen LogP contribution >= 0.6 is 11.3 Å². The second kappa shape index (κ2) is 7.68. The third kappa shape index (κ3) is 4.00. The Morgan fingerprint density at radius 1 is 1.33 bits per heavy atom. The van der Waals surface area contributed by atoms with Crippen LogP contribution in [0, 0.1) is 11.3 Å². The lowest BCUT2D eigenvalue weighted by Gasteiger charge is -2.36. The standard InChI is InChI=1S/C19H30N2O2S/c1-5-7-8-15(22)21-18-16(17(20)23)13-10-9-12(11-14(13)24-18)19(3,4)6-2/h12H,5-11H2,1-4H3,(H2,20,23)(H,21,22). The molecule has 0 aliphatic heterocycles. The maximum atomic E-state index is 12.1. The summed E-state index contributed by atoms with van der Waals surface area (Å²) in [6.45, 7) is 8.93. The van der Waals surface area contributed by atoms with Gasteiger partial charge in [0.1, 0.15) is 5.00 Å². The van der Waals surface area contributed by atoms with E-state index in [1.54, 1.807) is 11.3 Å². The minimum Gasteiger partial charge on any atom is -0.365 e. The van der Waals surface area contributed by atoms with Gasteiger partial charge in [-0.05, 0) is 42.6 Å². The van der Waals surface area contributed by atoms with Gasteiger partial charge in [-0.15, -0.1) is 11.3 Å². The maximum Gasteiger partial charge on any atom is 0.251 e. The Balaban J connectivity index is 2.26. The molecule has 0 radical (unpaired) electrons. The molecule has 1 aromatic rings. The van der Waals surface area contributed by atoms with Gasteiger partial charge in [-0.1, -0.05) is 40.5 Å². The highest BCUT2D eigenvalue weighted by molar-refractivity contribution is 7.17. The number of primary amides is 1. The third-order valence-electron chi connectivity index (χ3n) is 5.54. The molecule has 24 heavy (non-hydrogen) atoms. The Morgan fingerprint density at radius 2 is 2.04 bits per heavy atom. The van der Waals surface area contributed by atoms with Gasteiger partial charge in [0.05, 0.1) is 5.56 Å². The van der Waals surface area contributed by atoms with Crippen molar-refractivity contribution in [1.82, 2.24) is 0 Å². The predicted octanol–water partition coefficient (Wildman–Crippen LogP) is 4.52. The molecule has 5 heteroatoms. The summed E-state index contributed by atoms with van der Waals surface area (Å²) in [5.41, 5.74) is 7.53. The average molecular weight is 351 g/mol. The van der Waals surface area contributed by atoms with Crippen LogP contribution in [0.1, 0.15) is 80.6 Å². The van der Waals surface area contributed by atoms with Gasteiger partial charge in [0.2, 0.25) is 5.91 Å². The number of nitrogens with two attached hydrogens (primary N) is 1. The molecule has 134 valence electrons. The molecule has 1 atom stereocenters. The van der Waals surface area contributed by atoms with Crippen molar-refractivity contribution in [3.05, 3.63) is 16.0 Å². The van der Waals surface area contributed by atoms with Crippen LogP contribution in [-0.4, -0.2) is 11.8 Å². The van der Waals surface area contributed by atoms with Gasteiger partial charge in [0.25, 0.3) is 5.91 Å². The summed E-state index contributed by atoms with van der Waals surface area (Å²) in [6, 6.07) is 0. The molecule has 4 nitrogen and oxygen atoms in total. The Kier molecular flexibility index (Phi) is 6.07. The number of fused-ring (bicyclic) bond motifs is 1. The maximum absolute atomic E-state index is 12.1. The Labute approximate surface area is 149 Å². The van der Waals surface area contributed by atoms with Crippen LogP contribution in [0.2, 0.25) is 0 Å². The fourth-order valence-corrected chi connectivity index (χ4v) is 4.77. The number of unbranched alkanes of at least 4 members (excludes halogenated alkanes) is 1. The van der Waals surface area contributed by atoms with Crippen molar-refractivity contribution in [3.8, 4) is 0 Å². The number of carbonyl (C=O) groups is 2. The van der Waals surface area contributed by atoms with Crippen LogP contribution < -0.4 is 11.1 Å². The summed E-state index contributed by atoms with van der Waals surface area (Å²) in [5.74, 6) is 0.160. The van der Waals surface area contributed by atoms with Gasteiger partial charge >= 0.3 is 0 Å². The number of rotatable bonds is 7. The van der Waals surface area contributed by atoms with Crippen molar-refractivity contribution in [2.45, 2.75) is 72.6 Å². The van der Waals surface area contributed by atoms with Crippen molar-refractivity contribution in [3.63, 3.8) is 0 Å². The van der Waals surface area contributed by atoms with Crippen molar-refractivity contribution in [1.29, 1.82) is 0 Å². The second-order valence-corrected chi connectivity index (χ2v) is 8.61. The largest absolute Gasteiger partial charge is 0.365 e. The van der Waals surface area contributed by atoms with E-state index >= 15 is 0 Å². The summed E-state index contributed by atoms with van der Waals surface area (Å²) in [7, 11) is 0. The van der Waals surface area contributed by atoms with E-state index in [0.29, 0.717) is 28.3 Å². The van der Waals surface area contributed by atoms with E-state index in [4.69, 9.17) is 5.73 Å². The number of hydrogen-bond donors (Lipinski definition) is 2. The molecule has 2 amide bonds. The highest BCUT2D eigenvalue weighted by atomic mass is 32.1. The first-order valence-electron chi connectivity index (χ1n) is 9.04. The molecular weight excluding hydrogens is 320 g/mol. The van der Waals surface area contributed by atoms with Gasteiger partial charge in [0.15, 0.2) is 0 Å². The number of thiophene rings is 1. The van der Waals surface area contributed by atoms with Gasteiger partial charge in [-0.2, -0.15) is 0 Å². The van der Waals surface area contributed by atoms with E-state index in [2.05, 4.69) is 33.0 Å². The first-order chi connectivity index (χ1) is 11.3. The summed E-state index contributed by atoms with van der Waals surface area (Å²) in [6.07, 6.45) is 6.40. The fourth-order valence-electron chi connectivity index (χ4n) is 3.42. The van der Waals surface area contributed by atoms with Crippen molar-refractivity contribution in [2.75, 3.05) is 5.32 Å². The number of nitrogens with one attached hydrogen (secondary N) is 1. The molecule has 0 aromatic carbocycles. The van der Waals surface area contributed by atoms with Crippen molar-refractivity contribution >= 4 is 28.2 Å². The molecule has 1 aliphatic rings. The number of hydrogen-bond acceptors (Lipinski definition) is 3. The number of amides is 2. The Hall–Kier alpha value is -1.36. The second-order valence-electron chi connectivity index (χ2n) is 7.51. The Morgan fingerprint density at radius 3 is 2.62 bits per heavy atom. The number of carbonyl (C=O) groups excluding carboxylic acids is 2. The molecule has 0 saturated carbocycles. The van der Waals surface area contributed by atoms with E-state index in [9.17, 15) is 9.59 Å². The summed E-state index contributed by atoms with van der Waals surface area (Å²) < 4.78 is 0. The van der Waals surface area contributed by atoms with Gasteiger partial charge in [0, 0.05) is 11.3 Å². The molecule has 3 N–H and O–H groups in total. The molecular formula is C19H30N2O2S. The van der Waals surface area contributed by atoms with Gasteiger partial charge in [-0.3, -0.25) is 9.59 Å². The molecule has 1 aliphatic carbocycles. The summed E-state index contributed by atoms with van der Waals surface area (Å²) >= 11 is 1.55. The van der Waals surface area contributed by atoms with Crippen LogP contribution in [0.25, 0.3) is 0 Å². The quantitative estimate of drug-likeness (QED) is 0.759. The lowest BCUT2D eigenvalue weighted by molar-refractivity contribution is -0.116. The Bertz CT molecular complexity index is 619. The molecule has 1 unspecified atom stereocenters. The zero-order chi connectivity index (χ0) is 17.9. The van der Waals surface area contributed by atoms with Crippen LogP contribution in [-0.2, 0) is 17.6 Å². The molecule has 2 rings (SSSR count). The van der Waals surface area contributed by atoms with E-state index in [1.807, 2.05) is 0 Å². The van der Waals surface area contributed by atoms with Crippen molar-refractivity contribution < 1.29 is 9.59 Å². The highest BCUT2D eigenvalue weighted by Gasteiger charge is 2.34. The molecule has 1 heterocycles. The average Bonchev–Trinajstić information content (AvgIpc) is 2.89. The third-order valence-corrected chi connectivity index (χ3v) is 6.71. The predicted molar refractivity (Wildman–Crippen MR) is 101 cm³/mol. The van der Waals surface area contributed by atoms with E-state index < -0.39 is 5.91 Å². The lowest BCUT2D eigenvalue weighted by atomic mass is 9.69. The van der Waals surface area contributed by atoms with Crippen molar-refractivity contribution in [2.24, 2.45) is 17.1 Å². The number of anilines is 1. The SMILES string of the molecule is CCCCC(=O)Nc1sc2c(c1C(N)=O)CCC(C(C)(C)CC)C2. The van der Waals surface area contributed by atoms with E-state index in [0.717, 1.165) is 44.1 Å². The van der Waals surface area contributed by atoms with Crippen LogP contribution in [0.4, 0.5) is 5.00 Å². The fraction of sp³-hybridized carbons (Fsp3) is 0.684. The molecule has 0 bridgehead atoms. The van der Waals surface area contributed by atoms with E-state index in [-0.39, 0.29) is 5.91 Å². The summed E-state index contributed by atoms with van der Waals surface area (Å²) in [4.78, 5) is 25.3. The zero-order valence-electron chi connectivity index (χ0n) is 15.3. The molecule has 0 saturated heterocycles. The first-order valence-corrected chi connectivity index (χ1v) is 9.86. The van der Waals surface area contributed by atoms with Crippen LogP contribution in [0.5, 0.6) is 0 Å². The first kappa shape index (κ1) is 19.0. The van der Waals surface area contributed by atoms with Gasteiger partial charge in [-0.25, -0.2) is 0 Å². The van der Waals surface area contributed by atoms with Gasteiger partial charge < -0.3 is 11.1 Å². The lowest BCUT2D eigenvalue weighted by Crippen LogP contribution is -2.29. The molecule has 0 fully saturated rings. The monoisotopic (exact) mass is 350 g/mol. The summed E-state index contributed by atoms with van der Waals surface area (Å²) in [5, 5.41) is 3.59. The molecule has 1 aromatic heterocycles. The van der Waals surface area contributed by atoms with Crippen LogP contribution in [0.15, 0.2) is 0 Å². The topological polar surface area (TPSA) is 72.2 Å². The minimum absolute atomic E-state index is 0.0246. The highest BCUT2D eigenvalue weighted by Crippen LogP contribution is 2.45. The zero-order valence-corrected chi connectivity index (χ0v) is 16.1. The van der Waals surface area contributed by atoms with Crippen LogP contribution in [0.3, 0.4) is 0 Å². The van der Waals surface area contributed by atoms with E-state index in [1.165, 1.54) is 4.88 Å². The smallest absolute Gasteiger partial charge is 0.251 e. The minimum atomic E-state index is -0.425. The molecule has 0 spiro atoms.